The number of hydrogen-bond acceptors (Lipinski definition) is 2. The van der Waals surface area contributed by atoms with Crippen molar-refractivity contribution in [2.24, 2.45) is 0 Å². The van der Waals surface area contributed by atoms with Crippen LogP contribution in [0.3, 0.4) is 0 Å². The highest BCUT2D eigenvalue weighted by Crippen LogP contribution is 2.26. The highest BCUT2D eigenvalue weighted by molar-refractivity contribution is 6.36. The summed E-state index contributed by atoms with van der Waals surface area (Å²) in [5, 5.41) is 4.28. The zero-order chi connectivity index (χ0) is 21.8. The van der Waals surface area contributed by atoms with E-state index in [1.54, 1.807) is 31.2 Å². The van der Waals surface area contributed by atoms with Crippen molar-refractivity contribution < 1.29 is 9.59 Å². The van der Waals surface area contributed by atoms with E-state index >= 15 is 0 Å². The van der Waals surface area contributed by atoms with Crippen LogP contribution in [-0.2, 0) is 22.6 Å². The van der Waals surface area contributed by atoms with Crippen LogP contribution in [0.2, 0.25) is 15.1 Å². The fraction of sp³-hybridized carbons (Fsp3) is 0.364. The van der Waals surface area contributed by atoms with Crippen LogP contribution < -0.4 is 5.32 Å². The molecule has 0 unspecified atom stereocenters. The monoisotopic (exact) mass is 454 g/mol. The minimum atomic E-state index is -0.709. The van der Waals surface area contributed by atoms with E-state index in [0.29, 0.717) is 20.6 Å². The highest BCUT2D eigenvalue weighted by atomic mass is 35.5. The van der Waals surface area contributed by atoms with Crippen molar-refractivity contribution in [2.45, 2.75) is 52.2 Å². The van der Waals surface area contributed by atoms with Crippen LogP contribution in [0.1, 0.15) is 38.8 Å². The van der Waals surface area contributed by atoms with Gasteiger partial charge in [-0.05, 0) is 57.0 Å². The van der Waals surface area contributed by atoms with E-state index < -0.39 is 11.6 Å². The summed E-state index contributed by atoms with van der Waals surface area (Å²) in [6.07, 6.45) is -0.0178. The topological polar surface area (TPSA) is 49.4 Å². The third kappa shape index (κ3) is 6.63. The normalized spacial score (nSPS) is 12.4. The molecule has 7 heteroatoms. The minimum Gasteiger partial charge on any atom is -0.350 e. The van der Waals surface area contributed by atoms with E-state index in [4.69, 9.17) is 34.8 Å². The van der Waals surface area contributed by atoms with Crippen LogP contribution in [0.5, 0.6) is 0 Å². The smallest absolute Gasteiger partial charge is 0.242 e. The van der Waals surface area contributed by atoms with E-state index in [2.05, 4.69) is 5.32 Å². The largest absolute Gasteiger partial charge is 0.350 e. The number of carbonyl (C=O) groups is 2. The molecule has 0 spiro atoms. The van der Waals surface area contributed by atoms with Crippen LogP contribution in [-0.4, -0.2) is 28.3 Å². The second kappa shape index (κ2) is 9.84. The lowest BCUT2D eigenvalue weighted by Crippen LogP contribution is -2.52. The summed E-state index contributed by atoms with van der Waals surface area (Å²) < 4.78 is 0. The Bertz CT molecular complexity index is 874. The molecule has 0 radical (unpaired) electrons. The standard InChI is InChI=1S/C22H25Cl3N2O2/c1-14(21(29)26-22(2,3)4)27(13-15-8-5-6-9-17(15)23)20(28)12-16-18(24)10-7-11-19(16)25/h5-11,14H,12-13H2,1-4H3,(H,26,29)/t14-/m1/s1. The maximum absolute atomic E-state index is 13.2. The molecule has 2 amide bonds. The maximum atomic E-state index is 13.2. The molecule has 1 N–H and O–H groups in total. The Labute approximate surface area is 187 Å². The van der Waals surface area contributed by atoms with Gasteiger partial charge in [0, 0.05) is 27.2 Å². The van der Waals surface area contributed by atoms with E-state index in [1.165, 1.54) is 4.90 Å². The van der Waals surface area contributed by atoms with Crippen LogP contribution in [0.4, 0.5) is 0 Å². The molecule has 0 saturated carbocycles. The first-order valence-corrected chi connectivity index (χ1v) is 10.4. The molecule has 2 aromatic rings. The number of amides is 2. The van der Waals surface area contributed by atoms with Gasteiger partial charge >= 0.3 is 0 Å². The van der Waals surface area contributed by atoms with Crippen molar-refractivity contribution in [1.82, 2.24) is 10.2 Å². The maximum Gasteiger partial charge on any atom is 0.242 e. The van der Waals surface area contributed by atoms with Crippen molar-refractivity contribution >= 4 is 46.6 Å². The van der Waals surface area contributed by atoms with E-state index in [-0.39, 0.29) is 24.8 Å². The van der Waals surface area contributed by atoms with Crippen molar-refractivity contribution in [3.63, 3.8) is 0 Å². The second-order valence-corrected chi connectivity index (χ2v) is 9.13. The fourth-order valence-corrected chi connectivity index (χ4v) is 3.55. The van der Waals surface area contributed by atoms with Gasteiger partial charge in [0.1, 0.15) is 6.04 Å². The van der Waals surface area contributed by atoms with Gasteiger partial charge in [0.15, 0.2) is 0 Å². The molecule has 2 aromatic carbocycles. The third-order valence-corrected chi connectivity index (χ3v) is 5.43. The number of nitrogens with zero attached hydrogens (tertiary/aromatic N) is 1. The molecule has 2 rings (SSSR count). The Balaban J connectivity index is 2.34. The Hall–Kier alpha value is -1.75. The van der Waals surface area contributed by atoms with E-state index in [1.807, 2.05) is 39.0 Å². The number of rotatable bonds is 6. The van der Waals surface area contributed by atoms with Gasteiger partial charge in [0.05, 0.1) is 6.42 Å². The van der Waals surface area contributed by atoms with Crippen LogP contribution >= 0.6 is 34.8 Å². The van der Waals surface area contributed by atoms with Gasteiger partial charge in [0.2, 0.25) is 11.8 Å². The first-order chi connectivity index (χ1) is 13.5. The summed E-state index contributed by atoms with van der Waals surface area (Å²) in [4.78, 5) is 27.5. The van der Waals surface area contributed by atoms with Gasteiger partial charge in [-0.15, -0.1) is 0 Å². The quantitative estimate of drug-likeness (QED) is 0.623. The molecule has 29 heavy (non-hydrogen) atoms. The molecule has 1 atom stereocenters. The van der Waals surface area contributed by atoms with Gasteiger partial charge < -0.3 is 10.2 Å². The molecule has 0 bridgehead atoms. The molecule has 0 fully saturated rings. The lowest BCUT2D eigenvalue weighted by Gasteiger charge is -2.32. The Morgan fingerprint density at radius 3 is 2.07 bits per heavy atom. The van der Waals surface area contributed by atoms with Gasteiger partial charge in [0.25, 0.3) is 0 Å². The minimum absolute atomic E-state index is 0.0178. The summed E-state index contributed by atoms with van der Waals surface area (Å²) >= 11 is 18.8. The van der Waals surface area contributed by atoms with Crippen LogP contribution in [0.15, 0.2) is 42.5 Å². The molecular weight excluding hydrogens is 431 g/mol. The van der Waals surface area contributed by atoms with Gasteiger partial charge in [-0.2, -0.15) is 0 Å². The number of benzene rings is 2. The lowest BCUT2D eigenvalue weighted by atomic mass is 10.1. The average Bonchev–Trinajstić information content (AvgIpc) is 2.62. The van der Waals surface area contributed by atoms with Crippen molar-refractivity contribution in [1.29, 1.82) is 0 Å². The Kier molecular flexibility index (Phi) is 7.98. The van der Waals surface area contributed by atoms with Crippen molar-refractivity contribution in [3.8, 4) is 0 Å². The fourth-order valence-electron chi connectivity index (χ4n) is 2.82. The van der Waals surface area contributed by atoms with Crippen molar-refractivity contribution in [3.05, 3.63) is 68.7 Å². The van der Waals surface area contributed by atoms with E-state index in [0.717, 1.165) is 5.56 Å². The summed E-state index contributed by atoms with van der Waals surface area (Å²) in [5.41, 5.74) is 0.868. The Morgan fingerprint density at radius 2 is 1.52 bits per heavy atom. The highest BCUT2D eigenvalue weighted by Gasteiger charge is 2.29. The third-order valence-electron chi connectivity index (χ3n) is 4.35. The molecule has 0 saturated heterocycles. The lowest BCUT2D eigenvalue weighted by molar-refractivity contribution is -0.140. The molecule has 156 valence electrons. The SMILES string of the molecule is C[C@H](C(=O)NC(C)(C)C)N(Cc1ccccc1Cl)C(=O)Cc1c(Cl)cccc1Cl. The van der Waals surface area contributed by atoms with Gasteiger partial charge in [-0.1, -0.05) is 59.1 Å². The second-order valence-electron chi connectivity index (χ2n) is 7.91. The number of halogens is 3. The predicted molar refractivity (Wildman–Crippen MR) is 120 cm³/mol. The molecule has 0 heterocycles. The van der Waals surface area contributed by atoms with Crippen LogP contribution in [0.25, 0.3) is 0 Å². The first kappa shape index (κ1) is 23.5. The average molecular weight is 456 g/mol. The molecule has 0 aliphatic carbocycles. The first-order valence-electron chi connectivity index (χ1n) is 9.27. The molecule has 0 aliphatic heterocycles. The molecule has 0 aliphatic rings. The van der Waals surface area contributed by atoms with Gasteiger partial charge in [-0.3, -0.25) is 9.59 Å². The Morgan fingerprint density at radius 1 is 0.966 bits per heavy atom. The van der Waals surface area contributed by atoms with Crippen molar-refractivity contribution in [2.75, 3.05) is 0 Å². The zero-order valence-electron chi connectivity index (χ0n) is 16.9. The summed E-state index contributed by atoms with van der Waals surface area (Å²) in [6.45, 7) is 7.56. The molecular formula is C22H25Cl3N2O2. The summed E-state index contributed by atoms with van der Waals surface area (Å²) in [6, 6.07) is 11.6. The molecule has 0 aromatic heterocycles. The van der Waals surface area contributed by atoms with Crippen LogP contribution in [0, 0.1) is 0 Å². The van der Waals surface area contributed by atoms with Gasteiger partial charge in [-0.25, -0.2) is 0 Å². The predicted octanol–water partition coefficient (Wildman–Crippen LogP) is 5.52. The summed E-state index contributed by atoms with van der Waals surface area (Å²) in [7, 11) is 0. The van der Waals surface area contributed by atoms with E-state index in [9.17, 15) is 9.59 Å². The number of nitrogens with one attached hydrogen (secondary N) is 1. The number of hydrogen-bond donors (Lipinski definition) is 1. The zero-order valence-corrected chi connectivity index (χ0v) is 19.2. The summed E-state index contributed by atoms with van der Waals surface area (Å²) in [5.74, 6) is -0.514. The number of carbonyl (C=O) groups excluding carboxylic acids is 2. The molecule has 4 nitrogen and oxygen atoms in total.